The number of amides is 2. The standard InChI is InChI=1S/C22H20N4O5S/c1-11-12(2)32-19-17(11)18(28)23-15(24-19)10-31-21(30)22-9-8-16(27)26(22)14-7-5-4-6-13(14)20(29)25(22)3/h4-7H,8-10H2,1-3H3,(H,23,24,28). The number of fused-ring (bicyclic) bond motifs is 4. The highest BCUT2D eigenvalue weighted by molar-refractivity contribution is 7.18. The minimum absolute atomic E-state index is 0.107. The maximum absolute atomic E-state index is 13.4. The lowest BCUT2D eigenvalue weighted by Gasteiger charge is -2.46. The van der Waals surface area contributed by atoms with Gasteiger partial charge in [-0.05, 0) is 31.5 Å². The molecule has 1 atom stereocenters. The number of para-hydroxylation sites is 1. The molecule has 0 saturated carbocycles. The number of hydrogen-bond acceptors (Lipinski definition) is 7. The van der Waals surface area contributed by atoms with Crippen LogP contribution in [0, 0.1) is 13.8 Å². The van der Waals surface area contributed by atoms with E-state index >= 15 is 0 Å². The van der Waals surface area contributed by atoms with Crippen molar-refractivity contribution in [1.82, 2.24) is 14.9 Å². The van der Waals surface area contributed by atoms with E-state index in [4.69, 9.17) is 4.74 Å². The van der Waals surface area contributed by atoms with Gasteiger partial charge in [0.05, 0.1) is 16.6 Å². The second-order valence-electron chi connectivity index (χ2n) is 7.98. The number of aromatic nitrogens is 2. The number of esters is 1. The molecule has 0 aliphatic carbocycles. The highest BCUT2D eigenvalue weighted by atomic mass is 32.1. The Hall–Kier alpha value is -3.53. The van der Waals surface area contributed by atoms with Crippen molar-refractivity contribution in [3.8, 4) is 0 Å². The van der Waals surface area contributed by atoms with Crippen molar-refractivity contribution in [3.05, 3.63) is 56.4 Å². The Morgan fingerprint density at radius 2 is 2.00 bits per heavy atom. The molecule has 164 valence electrons. The summed E-state index contributed by atoms with van der Waals surface area (Å²) in [4.78, 5) is 62.9. The molecule has 32 heavy (non-hydrogen) atoms. The van der Waals surface area contributed by atoms with Gasteiger partial charge in [0.2, 0.25) is 11.6 Å². The number of likely N-dealkylation sites (N-methyl/N-ethyl adjacent to an activating group) is 1. The average Bonchev–Trinajstić information content (AvgIpc) is 3.27. The number of aromatic amines is 1. The fourth-order valence-corrected chi connectivity index (χ4v) is 5.56. The Balaban J connectivity index is 1.49. The normalized spacial score (nSPS) is 20.0. The molecule has 10 heteroatoms. The van der Waals surface area contributed by atoms with Crippen LogP contribution in [0.1, 0.15) is 39.5 Å². The molecule has 1 unspecified atom stereocenters. The molecule has 5 rings (SSSR count). The molecule has 1 aromatic carbocycles. The van der Waals surface area contributed by atoms with Crippen LogP contribution >= 0.6 is 11.3 Å². The second kappa shape index (κ2) is 6.99. The maximum Gasteiger partial charge on any atom is 0.354 e. The number of hydrogen-bond donors (Lipinski definition) is 1. The SMILES string of the molecule is Cc1sc2nc(COC(=O)C34CCC(=O)N3c3ccccc3C(=O)N4C)[nH]c(=O)c2c1C. The molecule has 4 heterocycles. The molecular weight excluding hydrogens is 432 g/mol. The summed E-state index contributed by atoms with van der Waals surface area (Å²) in [6, 6.07) is 6.71. The monoisotopic (exact) mass is 452 g/mol. The number of carbonyl (C=O) groups is 3. The van der Waals surface area contributed by atoms with Crippen molar-refractivity contribution in [3.63, 3.8) is 0 Å². The molecule has 0 spiro atoms. The number of ether oxygens (including phenoxy) is 1. The lowest BCUT2D eigenvalue weighted by Crippen LogP contribution is -2.67. The van der Waals surface area contributed by atoms with Crippen LogP contribution in [0.2, 0.25) is 0 Å². The van der Waals surface area contributed by atoms with E-state index < -0.39 is 11.6 Å². The minimum Gasteiger partial charge on any atom is -0.454 e. The largest absolute Gasteiger partial charge is 0.454 e. The predicted molar refractivity (Wildman–Crippen MR) is 117 cm³/mol. The van der Waals surface area contributed by atoms with Gasteiger partial charge in [0.15, 0.2) is 0 Å². The number of anilines is 1. The molecule has 1 saturated heterocycles. The summed E-state index contributed by atoms with van der Waals surface area (Å²) in [6.07, 6.45) is 0.226. The molecule has 0 radical (unpaired) electrons. The fraction of sp³-hybridized carbons (Fsp3) is 0.318. The molecule has 0 bridgehead atoms. The van der Waals surface area contributed by atoms with Crippen molar-refractivity contribution >= 4 is 45.0 Å². The average molecular weight is 452 g/mol. The van der Waals surface area contributed by atoms with Crippen LogP contribution in [-0.2, 0) is 20.9 Å². The van der Waals surface area contributed by atoms with Gasteiger partial charge in [-0.2, -0.15) is 0 Å². The van der Waals surface area contributed by atoms with Crippen LogP contribution in [0.5, 0.6) is 0 Å². The maximum atomic E-state index is 13.4. The van der Waals surface area contributed by atoms with E-state index in [-0.39, 0.29) is 42.6 Å². The van der Waals surface area contributed by atoms with Gasteiger partial charge in [0, 0.05) is 24.8 Å². The molecular formula is C22H20N4O5S. The zero-order valence-electron chi connectivity index (χ0n) is 17.7. The Labute approximate surface area is 186 Å². The summed E-state index contributed by atoms with van der Waals surface area (Å²) >= 11 is 1.40. The Bertz CT molecular complexity index is 1380. The third-order valence-electron chi connectivity index (χ3n) is 6.30. The van der Waals surface area contributed by atoms with Gasteiger partial charge < -0.3 is 14.6 Å². The van der Waals surface area contributed by atoms with Gasteiger partial charge in [-0.15, -0.1) is 11.3 Å². The lowest BCUT2D eigenvalue weighted by molar-refractivity contribution is -0.158. The van der Waals surface area contributed by atoms with Crippen molar-refractivity contribution in [2.24, 2.45) is 0 Å². The summed E-state index contributed by atoms with van der Waals surface area (Å²) in [6.45, 7) is 3.50. The van der Waals surface area contributed by atoms with Crippen molar-refractivity contribution < 1.29 is 19.1 Å². The van der Waals surface area contributed by atoms with E-state index in [1.165, 1.54) is 28.2 Å². The topological polar surface area (TPSA) is 113 Å². The van der Waals surface area contributed by atoms with Crippen LogP contribution in [0.25, 0.3) is 10.2 Å². The van der Waals surface area contributed by atoms with Crippen molar-refractivity contribution in [2.45, 2.75) is 39.0 Å². The number of nitrogens with zero attached hydrogens (tertiary/aromatic N) is 3. The van der Waals surface area contributed by atoms with Gasteiger partial charge in [-0.1, -0.05) is 12.1 Å². The second-order valence-corrected chi connectivity index (χ2v) is 9.18. The summed E-state index contributed by atoms with van der Waals surface area (Å²) in [5.41, 5.74) is -0.232. The molecule has 1 fully saturated rings. The highest BCUT2D eigenvalue weighted by Gasteiger charge is 2.60. The number of aryl methyl sites for hydroxylation is 2. The summed E-state index contributed by atoms with van der Waals surface area (Å²) in [5.74, 6) is -1.16. The van der Waals surface area contributed by atoms with Gasteiger partial charge in [-0.3, -0.25) is 19.3 Å². The first kappa shape index (κ1) is 20.4. The molecule has 2 aliphatic rings. The number of carbonyl (C=O) groups excluding carboxylic acids is 3. The Morgan fingerprint density at radius 3 is 2.78 bits per heavy atom. The van der Waals surface area contributed by atoms with E-state index in [1.807, 2.05) is 13.8 Å². The van der Waals surface area contributed by atoms with Crippen LogP contribution < -0.4 is 10.5 Å². The quantitative estimate of drug-likeness (QED) is 0.610. The van der Waals surface area contributed by atoms with E-state index in [2.05, 4.69) is 9.97 Å². The van der Waals surface area contributed by atoms with Crippen molar-refractivity contribution in [1.29, 1.82) is 0 Å². The fourth-order valence-electron chi connectivity index (χ4n) is 4.51. The van der Waals surface area contributed by atoms with E-state index in [0.717, 1.165) is 10.4 Å². The first-order chi connectivity index (χ1) is 15.3. The zero-order valence-corrected chi connectivity index (χ0v) is 18.5. The number of H-pyrrole nitrogens is 1. The molecule has 2 aromatic heterocycles. The first-order valence-electron chi connectivity index (χ1n) is 10.1. The summed E-state index contributed by atoms with van der Waals surface area (Å²) in [7, 11) is 1.49. The summed E-state index contributed by atoms with van der Waals surface area (Å²) in [5, 5.41) is 0.531. The predicted octanol–water partition coefficient (Wildman–Crippen LogP) is 2.25. The molecule has 3 aromatic rings. The third-order valence-corrected chi connectivity index (χ3v) is 7.40. The van der Waals surface area contributed by atoms with Gasteiger partial charge in [0.1, 0.15) is 17.3 Å². The molecule has 1 N–H and O–H groups in total. The van der Waals surface area contributed by atoms with Gasteiger partial charge in [0.25, 0.3) is 11.5 Å². The van der Waals surface area contributed by atoms with E-state index in [9.17, 15) is 19.2 Å². The number of benzene rings is 1. The molecule has 2 amide bonds. The van der Waals surface area contributed by atoms with E-state index in [0.29, 0.717) is 21.5 Å². The van der Waals surface area contributed by atoms with Crippen LogP contribution in [0.4, 0.5) is 5.69 Å². The smallest absolute Gasteiger partial charge is 0.354 e. The molecule has 2 aliphatic heterocycles. The number of rotatable bonds is 3. The lowest BCUT2D eigenvalue weighted by atomic mass is 9.97. The Kier molecular flexibility index (Phi) is 4.45. The first-order valence-corrected chi connectivity index (χ1v) is 10.9. The summed E-state index contributed by atoms with van der Waals surface area (Å²) < 4.78 is 5.54. The Morgan fingerprint density at radius 1 is 1.25 bits per heavy atom. The van der Waals surface area contributed by atoms with Crippen molar-refractivity contribution in [2.75, 3.05) is 11.9 Å². The van der Waals surface area contributed by atoms with Gasteiger partial charge >= 0.3 is 5.97 Å². The van der Waals surface area contributed by atoms with Crippen LogP contribution in [0.3, 0.4) is 0 Å². The van der Waals surface area contributed by atoms with E-state index in [1.54, 1.807) is 24.3 Å². The zero-order chi connectivity index (χ0) is 22.8. The molecule has 9 nitrogen and oxygen atoms in total. The van der Waals surface area contributed by atoms with Crippen LogP contribution in [-0.4, -0.2) is 45.4 Å². The minimum atomic E-state index is -1.57. The van der Waals surface area contributed by atoms with Crippen LogP contribution in [0.15, 0.2) is 29.1 Å². The third kappa shape index (κ3) is 2.65. The number of thiophene rings is 1. The number of nitrogens with one attached hydrogen (secondary N) is 1. The van der Waals surface area contributed by atoms with Gasteiger partial charge in [-0.25, -0.2) is 9.78 Å². The highest BCUT2D eigenvalue weighted by Crippen LogP contribution is 2.44.